The van der Waals surface area contributed by atoms with E-state index in [1.807, 2.05) is 0 Å². The SMILES string of the molecule is OC[C@H]1O[C@H](NC2=N[C@@H]3[C@H](O2)[C@@H](O)[C@@H](O)[C@@]3(O)CO)[C@H](O)[C@@H](O)[C@@H]1O. The first-order valence-corrected chi connectivity index (χ1v) is 7.75. The lowest BCUT2D eigenvalue weighted by atomic mass is 9.97. The molecule has 0 unspecified atom stereocenters. The summed E-state index contributed by atoms with van der Waals surface area (Å²) < 4.78 is 10.5. The molecule has 9 N–H and O–H groups in total. The van der Waals surface area contributed by atoms with Crippen LogP contribution in [0.1, 0.15) is 0 Å². The number of aliphatic hydroxyl groups is 8. The van der Waals surface area contributed by atoms with Crippen LogP contribution in [0.2, 0.25) is 0 Å². The Balaban J connectivity index is 1.74. The van der Waals surface area contributed by atoms with Crippen LogP contribution in [0.25, 0.3) is 0 Å². The summed E-state index contributed by atoms with van der Waals surface area (Å²) in [7, 11) is 0. The van der Waals surface area contributed by atoms with Crippen molar-refractivity contribution in [1.82, 2.24) is 5.32 Å². The Labute approximate surface area is 141 Å². The molecule has 25 heavy (non-hydrogen) atoms. The topological polar surface area (TPSA) is 205 Å². The number of rotatable bonds is 3. The predicted molar refractivity (Wildman–Crippen MR) is 77.0 cm³/mol. The largest absolute Gasteiger partial charge is 0.457 e. The van der Waals surface area contributed by atoms with Crippen molar-refractivity contribution >= 4 is 6.02 Å². The molecule has 1 saturated carbocycles. The third-order valence-corrected chi connectivity index (χ3v) is 4.91. The molecule has 3 aliphatic rings. The Kier molecular flexibility index (Phi) is 4.91. The van der Waals surface area contributed by atoms with E-state index in [0.717, 1.165) is 0 Å². The Bertz CT molecular complexity index is 533. The second-order valence-corrected chi connectivity index (χ2v) is 6.44. The molecule has 2 heterocycles. The highest BCUT2D eigenvalue weighted by molar-refractivity contribution is 5.76. The molecule has 2 fully saturated rings. The predicted octanol–water partition coefficient (Wildman–Crippen LogP) is -6.04. The monoisotopic (exact) mass is 366 g/mol. The van der Waals surface area contributed by atoms with E-state index >= 15 is 0 Å². The van der Waals surface area contributed by atoms with E-state index in [4.69, 9.17) is 14.6 Å². The number of amidine groups is 1. The van der Waals surface area contributed by atoms with Crippen LogP contribution in [-0.4, -0.2) is 121 Å². The van der Waals surface area contributed by atoms with E-state index < -0.39 is 73.8 Å². The molecular weight excluding hydrogens is 344 g/mol. The van der Waals surface area contributed by atoms with E-state index in [1.54, 1.807) is 0 Å². The van der Waals surface area contributed by atoms with Gasteiger partial charge < -0.3 is 55.6 Å². The Morgan fingerprint density at radius 1 is 1.00 bits per heavy atom. The van der Waals surface area contributed by atoms with Crippen molar-refractivity contribution in [3.8, 4) is 0 Å². The van der Waals surface area contributed by atoms with Crippen molar-refractivity contribution in [3.05, 3.63) is 0 Å². The first-order valence-electron chi connectivity index (χ1n) is 7.75. The van der Waals surface area contributed by atoms with Gasteiger partial charge in [0.1, 0.15) is 48.3 Å². The van der Waals surface area contributed by atoms with Crippen molar-refractivity contribution in [1.29, 1.82) is 0 Å². The third-order valence-electron chi connectivity index (χ3n) is 4.91. The number of hydrogen-bond donors (Lipinski definition) is 9. The zero-order valence-electron chi connectivity index (χ0n) is 13.0. The fraction of sp³-hybridized carbons (Fsp3) is 0.923. The number of nitrogens with zero attached hydrogens (tertiary/aromatic N) is 1. The minimum atomic E-state index is -2.11. The average Bonchev–Trinajstić information content (AvgIpc) is 3.10. The molecule has 144 valence electrons. The molecule has 2 aliphatic heterocycles. The van der Waals surface area contributed by atoms with Crippen molar-refractivity contribution in [2.45, 2.75) is 60.6 Å². The van der Waals surface area contributed by atoms with Crippen LogP contribution >= 0.6 is 0 Å². The van der Waals surface area contributed by atoms with Gasteiger partial charge in [-0.05, 0) is 0 Å². The fourth-order valence-electron chi connectivity index (χ4n) is 3.33. The highest BCUT2D eigenvalue weighted by atomic mass is 16.6. The number of fused-ring (bicyclic) bond motifs is 1. The van der Waals surface area contributed by atoms with Gasteiger partial charge in [-0.2, -0.15) is 0 Å². The maximum absolute atomic E-state index is 10.3. The minimum Gasteiger partial charge on any atom is -0.457 e. The highest BCUT2D eigenvalue weighted by Crippen LogP contribution is 2.38. The van der Waals surface area contributed by atoms with Crippen molar-refractivity contribution in [2.24, 2.45) is 4.99 Å². The summed E-state index contributed by atoms with van der Waals surface area (Å²) in [5.74, 6) is 0. The zero-order chi connectivity index (χ0) is 18.5. The molecule has 12 heteroatoms. The van der Waals surface area contributed by atoms with Crippen molar-refractivity contribution in [3.63, 3.8) is 0 Å². The maximum Gasteiger partial charge on any atom is 0.287 e. The summed E-state index contributed by atoms with van der Waals surface area (Å²) in [6.07, 6.45) is -11.5. The minimum absolute atomic E-state index is 0.267. The number of nitrogens with one attached hydrogen (secondary N) is 1. The zero-order valence-corrected chi connectivity index (χ0v) is 13.0. The van der Waals surface area contributed by atoms with Crippen molar-refractivity contribution < 1.29 is 50.3 Å². The van der Waals surface area contributed by atoms with Gasteiger partial charge in [0.05, 0.1) is 13.2 Å². The van der Waals surface area contributed by atoms with Crippen LogP contribution in [0.15, 0.2) is 4.99 Å². The molecule has 0 aromatic rings. The van der Waals surface area contributed by atoms with Crippen LogP contribution < -0.4 is 5.32 Å². The third kappa shape index (κ3) is 2.79. The highest BCUT2D eigenvalue weighted by Gasteiger charge is 2.63. The molecule has 1 aliphatic carbocycles. The number of aliphatic hydroxyl groups excluding tert-OH is 7. The van der Waals surface area contributed by atoms with Gasteiger partial charge in [0.25, 0.3) is 6.02 Å². The number of hydrogen-bond acceptors (Lipinski definition) is 12. The van der Waals surface area contributed by atoms with Crippen LogP contribution in [0.5, 0.6) is 0 Å². The second kappa shape index (κ2) is 6.57. The maximum atomic E-state index is 10.3. The molecule has 0 aromatic carbocycles. The lowest BCUT2D eigenvalue weighted by Gasteiger charge is -2.40. The van der Waals surface area contributed by atoms with Gasteiger partial charge in [0.2, 0.25) is 0 Å². The number of aliphatic imine (C=N–C) groups is 1. The summed E-state index contributed by atoms with van der Waals surface area (Å²) in [4.78, 5) is 3.95. The summed E-state index contributed by atoms with van der Waals surface area (Å²) in [6.45, 7) is -1.48. The van der Waals surface area contributed by atoms with Gasteiger partial charge in [0, 0.05) is 0 Å². The lowest BCUT2D eigenvalue weighted by Crippen LogP contribution is -2.63. The summed E-state index contributed by atoms with van der Waals surface area (Å²) >= 11 is 0. The van der Waals surface area contributed by atoms with E-state index in [-0.39, 0.29) is 6.02 Å². The first-order chi connectivity index (χ1) is 11.7. The normalized spacial score (nSPS) is 52.5. The van der Waals surface area contributed by atoms with Crippen LogP contribution in [0.4, 0.5) is 0 Å². The van der Waals surface area contributed by atoms with Crippen LogP contribution in [-0.2, 0) is 9.47 Å². The molecule has 0 amide bonds. The first kappa shape index (κ1) is 18.7. The van der Waals surface area contributed by atoms with Gasteiger partial charge in [-0.25, -0.2) is 4.99 Å². The quantitative estimate of drug-likeness (QED) is 0.230. The standard InChI is InChI=1S/C13H22N2O10/c16-1-3-4(18)5(19)6(20)11(24-3)15-12-14-9-8(25-12)7(21)10(22)13(9,23)2-17/h3-11,16-23H,1-2H2,(H,14,15)/t3-,4-,5+,6-,7-,8-,9-,10-,11+,13-/m1/s1. The van der Waals surface area contributed by atoms with Gasteiger partial charge in [0.15, 0.2) is 12.3 Å². The summed E-state index contributed by atoms with van der Waals surface area (Å²) in [5.41, 5.74) is -2.11. The molecule has 0 aromatic heterocycles. The van der Waals surface area contributed by atoms with E-state index in [0.29, 0.717) is 0 Å². The van der Waals surface area contributed by atoms with Gasteiger partial charge in [-0.1, -0.05) is 0 Å². The fourth-order valence-corrected chi connectivity index (χ4v) is 3.33. The number of ether oxygens (including phenoxy) is 2. The Morgan fingerprint density at radius 3 is 2.28 bits per heavy atom. The van der Waals surface area contributed by atoms with E-state index in [1.165, 1.54) is 0 Å². The summed E-state index contributed by atoms with van der Waals surface area (Å²) in [6, 6.07) is -1.44. The lowest BCUT2D eigenvalue weighted by molar-refractivity contribution is -0.233. The van der Waals surface area contributed by atoms with Crippen LogP contribution in [0.3, 0.4) is 0 Å². The van der Waals surface area contributed by atoms with Gasteiger partial charge in [-0.3, -0.25) is 0 Å². The molecule has 10 atom stereocenters. The molecular formula is C13H22N2O10. The molecule has 12 nitrogen and oxygen atoms in total. The Hall–Kier alpha value is -1.09. The molecule has 0 spiro atoms. The van der Waals surface area contributed by atoms with E-state index in [9.17, 15) is 35.7 Å². The smallest absolute Gasteiger partial charge is 0.287 e. The van der Waals surface area contributed by atoms with Crippen LogP contribution in [0, 0.1) is 0 Å². The molecule has 3 rings (SSSR count). The van der Waals surface area contributed by atoms with Crippen molar-refractivity contribution in [2.75, 3.05) is 13.2 Å². The van der Waals surface area contributed by atoms with E-state index in [2.05, 4.69) is 10.3 Å². The second-order valence-electron chi connectivity index (χ2n) is 6.44. The Morgan fingerprint density at radius 2 is 1.68 bits per heavy atom. The molecule has 0 radical (unpaired) electrons. The average molecular weight is 366 g/mol. The van der Waals surface area contributed by atoms with Gasteiger partial charge >= 0.3 is 0 Å². The molecule has 1 saturated heterocycles. The molecule has 0 bridgehead atoms. The van der Waals surface area contributed by atoms with Gasteiger partial charge in [-0.15, -0.1) is 0 Å². The summed E-state index contributed by atoms with van der Waals surface area (Å²) in [5, 5.41) is 80.4.